The predicted molar refractivity (Wildman–Crippen MR) is 71.4 cm³/mol. The van der Waals surface area contributed by atoms with Crippen molar-refractivity contribution in [2.75, 3.05) is 31.9 Å². The van der Waals surface area contributed by atoms with E-state index in [2.05, 4.69) is 0 Å². The van der Waals surface area contributed by atoms with Gasteiger partial charge in [0.2, 0.25) is 0 Å². The van der Waals surface area contributed by atoms with E-state index in [0.717, 1.165) is 16.4 Å². The number of hydrogen-bond donors (Lipinski definition) is 2. The van der Waals surface area contributed by atoms with Gasteiger partial charge < -0.3 is 10.6 Å². The van der Waals surface area contributed by atoms with E-state index in [1.165, 1.54) is 11.0 Å². The van der Waals surface area contributed by atoms with Crippen molar-refractivity contribution in [3.63, 3.8) is 0 Å². The maximum atomic E-state index is 12.9. The highest BCUT2D eigenvalue weighted by atomic mass is 32.2. The molecule has 20 heavy (non-hydrogen) atoms. The average molecular weight is 302 g/mol. The second-order valence-electron chi connectivity index (χ2n) is 4.47. The minimum atomic E-state index is -3.73. The van der Waals surface area contributed by atoms with Crippen LogP contribution in [0.4, 0.5) is 10.1 Å². The lowest BCUT2D eigenvalue weighted by atomic mass is 10.1. The summed E-state index contributed by atoms with van der Waals surface area (Å²) >= 11 is 0. The van der Waals surface area contributed by atoms with Crippen molar-refractivity contribution >= 4 is 21.8 Å². The molecule has 1 aliphatic heterocycles. The number of nitrogens with zero attached hydrogens (tertiary/aromatic N) is 2. The summed E-state index contributed by atoms with van der Waals surface area (Å²) in [7, 11) is -3.73. The molecule has 0 aliphatic carbocycles. The Bertz CT molecular complexity index is 627. The van der Waals surface area contributed by atoms with Crippen molar-refractivity contribution in [2.24, 2.45) is 5.14 Å². The summed E-state index contributed by atoms with van der Waals surface area (Å²) < 4.78 is 36.4. The van der Waals surface area contributed by atoms with Gasteiger partial charge in [0, 0.05) is 31.9 Å². The minimum Gasteiger partial charge on any atom is -0.398 e. The lowest BCUT2D eigenvalue weighted by Crippen LogP contribution is -2.52. The lowest BCUT2D eigenvalue weighted by Gasteiger charge is -2.33. The van der Waals surface area contributed by atoms with E-state index in [9.17, 15) is 17.6 Å². The van der Waals surface area contributed by atoms with Crippen molar-refractivity contribution in [1.29, 1.82) is 0 Å². The molecule has 0 radical (unpaired) electrons. The van der Waals surface area contributed by atoms with Crippen LogP contribution < -0.4 is 10.9 Å². The Morgan fingerprint density at radius 1 is 1.20 bits per heavy atom. The fourth-order valence-corrected chi connectivity index (χ4v) is 2.72. The number of benzene rings is 1. The van der Waals surface area contributed by atoms with Crippen molar-refractivity contribution < 1.29 is 17.6 Å². The molecule has 1 aromatic rings. The second-order valence-corrected chi connectivity index (χ2v) is 6.01. The first-order chi connectivity index (χ1) is 9.29. The lowest BCUT2D eigenvalue weighted by molar-refractivity contribution is 0.0699. The molecule has 7 nitrogen and oxygen atoms in total. The monoisotopic (exact) mass is 302 g/mol. The van der Waals surface area contributed by atoms with Gasteiger partial charge in [0.05, 0.1) is 5.56 Å². The SMILES string of the molecule is Nc1cc(F)ccc1C(=O)N1CCN(S(N)(=O)=O)CC1. The van der Waals surface area contributed by atoms with Crippen LogP contribution in [0.3, 0.4) is 0 Å². The van der Waals surface area contributed by atoms with E-state index in [4.69, 9.17) is 10.9 Å². The van der Waals surface area contributed by atoms with E-state index >= 15 is 0 Å². The molecule has 9 heteroatoms. The molecule has 1 fully saturated rings. The fraction of sp³-hybridized carbons (Fsp3) is 0.364. The van der Waals surface area contributed by atoms with E-state index in [1.807, 2.05) is 0 Å². The van der Waals surface area contributed by atoms with Crippen LogP contribution in [0.5, 0.6) is 0 Å². The molecular formula is C11H15FN4O3S. The summed E-state index contributed by atoms with van der Waals surface area (Å²) in [6.07, 6.45) is 0. The van der Waals surface area contributed by atoms with Gasteiger partial charge in [0.15, 0.2) is 0 Å². The second kappa shape index (κ2) is 5.35. The molecule has 110 valence electrons. The Kier molecular flexibility index (Phi) is 3.93. The smallest absolute Gasteiger partial charge is 0.277 e. The van der Waals surface area contributed by atoms with Crippen LogP contribution in [0.25, 0.3) is 0 Å². The van der Waals surface area contributed by atoms with E-state index in [0.29, 0.717) is 0 Å². The van der Waals surface area contributed by atoms with Gasteiger partial charge >= 0.3 is 0 Å². The van der Waals surface area contributed by atoms with Crippen LogP contribution in [0, 0.1) is 5.82 Å². The molecular weight excluding hydrogens is 287 g/mol. The summed E-state index contributed by atoms with van der Waals surface area (Å²) in [6.45, 7) is 0.690. The third-order valence-corrected chi connectivity index (χ3v) is 4.21. The summed E-state index contributed by atoms with van der Waals surface area (Å²) in [5.74, 6) is -0.866. The highest BCUT2D eigenvalue weighted by Gasteiger charge is 2.27. The summed E-state index contributed by atoms with van der Waals surface area (Å²) in [5, 5.41) is 5.02. The zero-order chi connectivity index (χ0) is 14.9. The number of nitrogen functional groups attached to an aromatic ring is 1. The first-order valence-corrected chi connectivity index (χ1v) is 7.41. The number of hydrogen-bond acceptors (Lipinski definition) is 4. The van der Waals surface area contributed by atoms with E-state index in [-0.39, 0.29) is 43.3 Å². The number of carbonyl (C=O) groups is 1. The molecule has 1 aliphatic rings. The first kappa shape index (κ1) is 14.7. The quantitative estimate of drug-likeness (QED) is 0.709. The molecule has 0 unspecified atom stereocenters. The van der Waals surface area contributed by atoms with Crippen LogP contribution in [-0.2, 0) is 10.2 Å². The number of halogens is 1. The van der Waals surface area contributed by atoms with E-state index < -0.39 is 16.0 Å². The number of carbonyl (C=O) groups excluding carboxylic acids is 1. The van der Waals surface area contributed by atoms with Gasteiger partial charge in [0.25, 0.3) is 16.1 Å². The van der Waals surface area contributed by atoms with Gasteiger partial charge in [-0.25, -0.2) is 9.53 Å². The normalized spacial score (nSPS) is 17.2. The van der Waals surface area contributed by atoms with Gasteiger partial charge in [0.1, 0.15) is 5.82 Å². The Morgan fingerprint density at radius 2 is 1.80 bits per heavy atom. The van der Waals surface area contributed by atoms with E-state index in [1.54, 1.807) is 0 Å². The Labute approximate surface area is 116 Å². The van der Waals surface area contributed by atoms with Gasteiger partial charge in [-0.15, -0.1) is 0 Å². The zero-order valence-electron chi connectivity index (χ0n) is 10.6. The Morgan fingerprint density at radius 3 is 2.30 bits per heavy atom. The number of anilines is 1. The van der Waals surface area contributed by atoms with Gasteiger partial charge in [-0.05, 0) is 18.2 Å². The number of rotatable bonds is 2. The average Bonchev–Trinajstić information content (AvgIpc) is 2.37. The molecule has 0 saturated carbocycles. The predicted octanol–water partition coefficient (Wildman–Crippen LogP) is -0.631. The molecule has 1 aromatic carbocycles. The van der Waals surface area contributed by atoms with Crippen LogP contribution >= 0.6 is 0 Å². The fourth-order valence-electron chi connectivity index (χ4n) is 2.04. The van der Waals surface area contributed by atoms with Crippen molar-refractivity contribution in [2.45, 2.75) is 0 Å². The molecule has 0 bridgehead atoms. The molecule has 1 saturated heterocycles. The largest absolute Gasteiger partial charge is 0.398 e. The van der Waals surface area contributed by atoms with Gasteiger partial charge in [-0.3, -0.25) is 4.79 Å². The van der Waals surface area contributed by atoms with Crippen LogP contribution in [0.1, 0.15) is 10.4 Å². The Hall–Kier alpha value is -1.71. The third-order valence-electron chi connectivity index (χ3n) is 3.13. The molecule has 4 N–H and O–H groups in total. The summed E-state index contributed by atoms with van der Waals surface area (Å²) in [5.41, 5.74) is 5.87. The van der Waals surface area contributed by atoms with Crippen LogP contribution in [0.15, 0.2) is 18.2 Å². The van der Waals surface area contributed by atoms with Crippen molar-refractivity contribution in [3.8, 4) is 0 Å². The summed E-state index contributed by atoms with van der Waals surface area (Å²) in [4.78, 5) is 13.7. The highest BCUT2D eigenvalue weighted by Crippen LogP contribution is 2.17. The standard InChI is InChI=1S/C11H15FN4O3S/c12-8-1-2-9(10(13)7-8)11(17)15-3-5-16(6-4-15)20(14,18)19/h1-2,7H,3-6,13H2,(H2,14,18,19). The maximum absolute atomic E-state index is 12.9. The van der Waals surface area contributed by atoms with Crippen molar-refractivity contribution in [3.05, 3.63) is 29.6 Å². The third kappa shape index (κ3) is 3.06. The van der Waals surface area contributed by atoms with Crippen LogP contribution in [0.2, 0.25) is 0 Å². The van der Waals surface area contributed by atoms with Crippen molar-refractivity contribution in [1.82, 2.24) is 9.21 Å². The molecule has 0 spiro atoms. The highest BCUT2D eigenvalue weighted by molar-refractivity contribution is 7.86. The zero-order valence-corrected chi connectivity index (χ0v) is 11.4. The molecule has 1 amide bonds. The minimum absolute atomic E-state index is 0.0591. The first-order valence-electron chi connectivity index (χ1n) is 5.91. The molecule has 2 rings (SSSR count). The Balaban J connectivity index is 2.09. The molecule has 0 atom stereocenters. The maximum Gasteiger partial charge on any atom is 0.277 e. The van der Waals surface area contributed by atoms with Gasteiger partial charge in [-0.1, -0.05) is 0 Å². The number of amides is 1. The topological polar surface area (TPSA) is 110 Å². The molecule has 0 aromatic heterocycles. The summed E-state index contributed by atoms with van der Waals surface area (Å²) in [6, 6.07) is 3.55. The van der Waals surface area contributed by atoms with Crippen LogP contribution in [-0.4, -0.2) is 49.7 Å². The molecule has 1 heterocycles. The number of nitrogens with two attached hydrogens (primary N) is 2. The number of piperazine rings is 1. The van der Waals surface area contributed by atoms with Gasteiger partial charge in [-0.2, -0.15) is 12.7 Å².